The highest BCUT2D eigenvalue weighted by molar-refractivity contribution is 4.84. The van der Waals surface area contributed by atoms with E-state index in [1.807, 2.05) is 0 Å². The molecule has 0 bridgehead atoms. The molecule has 3 aliphatic carbocycles. The van der Waals surface area contributed by atoms with E-state index in [1.165, 1.54) is 32.1 Å². The molecule has 7 heteroatoms. The standard InChI is InChI=1S/C20H31F5O2/c21-19(22,26-17-10-12-18(13-11-17)27-20(23,24)25)16-8-6-15(7-9-16)14-4-2-1-3-5-14/h14-18H,1-13H2. The first kappa shape index (κ1) is 21.3. The molecule has 0 saturated heterocycles. The fourth-order valence-corrected chi connectivity index (χ4v) is 5.31. The van der Waals surface area contributed by atoms with Crippen LogP contribution in [0.3, 0.4) is 0 Å². The van der Waals surface area contributed by atoms with Crippen LogP contribution in [0.5, 0.6) is 0 Å². The summed E-state index contributed by atoms with van der Waals surface area (Å²) in [5.41, 5.74) is 0. The van der Waals surface area contributed by atoms with Gasteiger partial charge in [-0.15, -0.1) is 13.2 Å². The van der Waals surface area contributed by atoms with Gasteiger partial charge in [-0.25, -0.2) is 0 Å². The van der Waals surface area contributed by atoms with Crippen LogP contribution in [-0.4, -0.2) is 24.7 Å². The van der Waals surface area contributed by atoms with E-state index in [2.05, 4.69) is 4.74 Å². The first-order valence-electron chi connectivity index (χ1n) is 10.5. The lowest BCUT2D eigenvalue weighted by Crippen LogP contribution is -2.40. The molecule has 0 aromatic rings. The quantitative estimate of drug-likeness (QED) is 0.473. The molecule has 0 radical (unpaired) electrons. The predicted molar refractivity (Wildman–Crippen MR) is 91.2 cm³/mol. The van der Waals surface area contributed by atoms with Crippen molar-refractivity contribution in [2.24, 2.45) is 17.8 Å². The predicted octanol–water partition coefficient (Wildman–Crippen LogP) is 6.83. The second kappa shape index (κ2) is 8.93. The summed E-state index contributed by atoms with van der Waals surface area (Å²) in [5.74, 6) is 0.520. The number of rotatable bonds is 5. The van der Waals surface area contributed by atoms with E-state index in [4.69, 9.17) is 4.74 Å². The van der Waals surface area contributed by atoms with Crippen molar-refractivity contribution in [2.75, 3.05) is 0 Å². The molecule has 158 valence electrons. The number of ether oxygens (including phenoxy) is 2. The van der Waals surface area contributed by atoms with E-state index >= 15 is 0 Å². The molecule has 0 heterocycles. The maximum atomic E-state index is 14.6. The van der Waals surface area contributed by atoms with E-state index in [-0.39, 0.29) is 25.7 Å². The average molecular weight is 398 g/mol. The van der Waals surface area contributed by atoms with Crippen LogP contribution in [0.25, 0.3) is 0 Å². The normalized spacial score (nSPS) is 34.6. The third kappa shape index (κ3) is 6.28. The van der Waals surface area contributed by atoms with Crippen molar-refractivity contribution < 1.29 is 31.4 Å². The third-order valence-corrected chi connectivity index (χ3v) is 6.81. The van der Waals surface area contributed by atoms with Crippen molar-refractivity contribution >= 4 is 0 Å². The summed E-state index contributed by atoms with van der Waals surface area (Å²) >= 11 is 0. The first-order valence-corrected chi connectivity index (χ1v) is 10.5. The topological polar surface area (TPSA) is 18.5 Å². The lowest BCUT2D eigenvalue weighted by molar-refractivity contribution is -0.350. The van der Waals surface area contributed by atoms with Crippen molar-refractivity contribution in [2.45, 2.75) is 108 Å². The number of hydrogen-bond acceptors (Lipinski definition) is 2. The maximum Gasteiger partial charge on any atom is 0.522 e. The number of alkyl halides is 5. The SMILES string of the molecule is FC(F)(F)OC1CCC(OC(F)(F)C2CCC(C3CCCCC3)CC2)CC1. The van der Waals surface area contributed by atoms with E-state index in [9.17, 15) is 22.0 Å². The largest absolute Gasteiger partial charge is 0.522 e. The third-order valence-electron chi connectivity index (χ3n) is 6.81. The minimum atomic E-state index is -4.67. The van der Waals surface area contributed by atoms with Gasteiger partial charge in [0.25, 0.3) is 0 Å². The highest BCUT2D eigenvalue weighted by atomic mass is 19.4. The van der Waals surface area contributed by atoms with Gasteiger partial charge in [0.15, 0.2) is 0 Å². The molecule has 0 N–H and O–H groups in total. The lowest BCUT2D eigenvalue weighted by atomic mass is 9.71. The summed E-state index contributed by atoms with van der Waals surface area (Å²) in [7, 11) is 0. The Bertz CT molecular complexity index is 446. The molecule has 3 aliphatic rings. The smallest absolute Gasteiger partial charge is 0.317 e. The van der Waals surface area contributed by atoms with Gasteiger partial charge in [-0.3, -0.25) is 4.74 Å². The molecule has 0 unspecified atom stereocenters. The fraction of sp³-hybridized carbons (Fsp3) is 1.00. The van der Waals surface area contributed by atoms with Crippen molar-refractivity contribution in [3.63, 3.8) is 0 Å². The molecular weight excluding hydrogens is 367 g/mol. The van der Waals surface area contributed by atoms with E-state index in [0.717, 1.165) is 12.8 Å². The van der Waals surface area contributed by atoms with Gasteiger partial charge in [0.2, 0.25) is 0 Å². The van der Waals surface area contributed by atoms with Gasteiger partial charge < -0.3 is 4.74 Å². The van der Waals surface area contributed by atoms with Crippen LogP contribution < -0.4 is 0 Å². The Morgan fingerprint density at radius 3 is 1.52 bits per heavy atom. The highest BCUT2D eigenvalue weighted by Gasteiger charge is 2.46. The van der Waals surface area contributed by atoms with E-state index in [1.54, 1.807) is 0 Å². The minimum absolute atomic E-state index is 0.106. The van der Waals surface area contributed by atoms with Crippen LogP contribution in [0.4, 0.5) is 22.0 Å². The zero-order chi connectivity index (χ0) is 19.5. The molecule has 0 aromatic carbocycles. The minimum Gasteiger partial charge on any atom is -0.317 e. The van der Waals surface area contributed by atoms with Gasteiger partial charge in [0.05, 0.1) is 18.1 Å². The van der Waals surface area contributed by atoms with Gasteiger partial charge in [0.1, 0.15) is 0 Å². The Kier molecular flexibility index (Phi) is 7.04. The summed E-state index contributed by atoms with van der Waals surface area (Å²) in [6.45, 7) is 0. The first-order chi connectivity index (χ1) is 12.7. The molecule has 3 saturated carbocycles. The second-order valence-electron chi connectivity index (χ2n) is 8.65. The van der Waals surface area contributed by atoms with Crippen molar-refractivity contribution in [1.82, 2.24) is 0 Å². The Morgan fingerprint density at radius 1 is 0.519 bits per heavy atom. The summed E-state index contributed by atoms with van der Waals surface area (Å²) in [6.07, 6.45) is 0.112. The molecule has 27 heavy (non-hydrogen) atoms. The van der Waals surface area contributed by atoms with Gasteiger partial charge in [-0.2, -0.15) is 8.78 Å². The molecule has 0 spiro atoms. The maximum absolute atomic E-state index is 14.6. The summed E-state index contributed by atoms with van der Waals surface area (Å²) in [6, 6.07) is 0. The van der Waals surface area contributed by atoms with Crippen LogP contribution in [0, 0.1) is 17.8 Å². The molecule has 3 rings (SSSR count). The highest BCUT2D eigenvalue weighted by Crippen LogP contribution is 2.45. The Hall–Kier alpha value is -0.430. The molecule has 0 amide bonds. The Labute approximate surface area is 158 Å². The molecule has 3 fully saturated rings. The molecular formula is C20H31F5O2. The summed E-state index contributed by atoms with van der Waals surface area (Å²) in [5, 5.41) is 0. The summed E-state index contributed by atoms with van der Waals surface area (Å²) in [4.78, 5) is 0. The summed E-state index contributed by atoms with van der Waals surface area (Å²) < 4.78 is 75.0. The fourth-order valence-electron chi connectivity index (χ4n) is 5.31. The van der Waals surface area contributed by atoms with E-state index in [0.29, 0.717) is 24.7 Å². The van der Waals surface area contributed by atoms with Crippen molar-refractivity contribution in [3.05, 3.63) is 0 Å². The second-order valence-corrected chi connectivity index (χ2v) is 8.65. The zero-order valence-corrected chi connectivity index (χ0v) is 15.8. The lowest BCUT2D eigenvalue weighted by Gasteiger charge is -2.39. The molecule has 2 nitrogen and oxygen atoms in total. The Morgan fingerprint density at radius 2 is 1.00 bits per heavy atom. The molecule has 0 aromatic heterocycles. The van der Waals surface area contributed by atoms with Gasteiger partial charge >= 0.3 is 12.5 Å². The Balaban J connectivity index is 1.41. The van der Waals surface area contributed by atoms with E-state index < -0.39 is 30.6 Å². The molecule has 0 aliphatic heterocycles. The van der Waals surface area contributed by atoms with Crippen LogP contribution in [-0.2, 0) is 9.47 Å². The van der Waals surface area contributed by atoms with Crippen LogP contribution >= 0.6 is 0 Å². The van der Waals surface area contributed by atoms with Crippen molar-refractivity contribution in [3.8, 4) is 0 Å². The zero-order valence-electron chi connectivity index (χ0n) is 15.8. The monoisotopic (exact) mass is 398 g/mol. The number of halogens is 5. The number of hydrogen-bond donors (Lipinski definition) is 0. The average Bonchev–Trinajstić information content (AvgIpc) is 2.63. The van der Waals surface area contributed by atoms with Crippen LogP contribution in [0.15, 0.2) is 0 Å². The van der Waals surface area contributed by atoms with Crippen molar-refractivity contribution in [1.29, 1.82) is 0 Å². The van der Waals surface area contributed by atoms with Crippen LogP contribution in [0.1, 0.15) is 83.5 Å². The van der Waals surface area contributed by atoms with Gasteiger partial charge in [-0.1, -0.05) is 32.1 Å². The van der Waals surface area contributed by atoms with Gasteiger partial charge in [-0.05, 0) is 63.2 Å². The molecule has 0 atom stereocenters. The van der Waals surface area contributed by atoms with Crippen LogP contribution in [0.2, 0.25) is 0 Å². The van der Waals surface area contributed by atoms with Gasteiger partial charge in [0, 0.05) is 0 Å².